The van der Waals surface area contributed by atoms with Gasteiger partial charge >= 0.3 is 0 Å². The molecular weight excluding hydrogens is 316 g/mol. The van der Waals surface area contributed by atoms with Crippen molar-refractivity contribution in [2.45, 2.75) is 20.8 Å². The van der Waals surface area contributed by atoms with Gasteiger partial charge in [-0.3, -0.25) is 4.79 Å². The Morgan fingerprint density at radius 3 is 2.56 bits per heavy atom. The summed E-state index contributed by atoms with van der Waals surface area (Å²) in [5.74, 6) is 0.864. The van der Waals surface area contributed by atoms with Crippen LogP contribution in [0.5, 0.6) is 5.88 Å². The van der Waals surface area contributed by atoms with Crippen LogP contribution in [0.3, 0.4) is 0 Å². The molecule has 0 aliphatic carbocycles. The topological polar surface area (TPSA) is 69.0 Å². The predicted octanol–water partition coefficient (Wildman–Crippen LogP) is 3.54. The van der Waals surface area contributed by atoms with Crippen molar-refractivity contribution in [3.05, 3.63) is 65.5 Å². The molecule has 2 aromatic heterocycles. The van der Waals surface area contributed by atoms with Gasteiger partial charge in [0.05, 0.1) is 23.6 Å². The quantitative estimate of drug-likeness (QED) is 0.774. The number of aromatic nitrogens is 3. The largest absolute Gasteiger partial charge is 0.478 e. The highest BCUT2D eigenvalue weighted by molar-refractivity contribution is 6.03. The minimum Gasteiger partial charge on any atom is -0.478 e. The van der Waals surface area contributed by atoms with E-state index in [0.717, 1.165) is 11.4 Å². The highest BCUT2D eigenvalue weighted by Gasteiger charge is 2.13. The molecule has 3 aromatic rings. The van der Waals surface area contributed by atoms with E-state index in [0.29, 0.717) is 23.9 Å². The SMILES string of the molecule is CCOc1ccc(C(=O)Nc2cc(C)nn2-c2ccc(C)cc2)cn1. The molecule has 6 nitrogen and oxygen atoms in total. The van der Waals surface area contributed by atoms with Crippen molar-refractivity contribution in [3.8, 4) is 11.6 Å². The van der Waals surface area contributed by atoms with Crippen molar-refractivity contribution >= 4 is 11.7 Å². The van der Waals surface area contributed by atoms with Crippen molar-refractivity contribution < 1.29 is 9.53 Å². The molecular formula is C19H20N4O2. The van der Waals surface area contributed by atoms with Gasteiger partial charge in [0.1, 0.15) is 5.82 Å². The molecule has 3 rings (SSSR count). The lowest BCUT2D eigenvalue weighted by atomic mass is 10.2. The van der Waals surface area contributed by atoms with Gasteiger partial charge in [-0.2, -0.15) is 5.10 Å². The number of ether oxygens (including phenoxy) is 1. The number of anilines is 1. The van der Waals surface area contributed by atoms with Gasteiger partial charge in [-0.25, -0.2) is 9.67 Å². The van der Waals surface area contributed by atoms with Crippen molar-refractivity contribution in [2.24, 2.45) is 0 Å². The molecule has 0 radical (unpaired) electrons. The summed E-state index contributed by atoms with van der Waals surface area (Å²) in [5, 5.41) is 7.35. The van der Waals surface area contributed by atoms with Gasteiger partial charge in [-0.1, -0.05) is 17.7 Å². The number of rotatable bonds is 5. The van der Waals surface area contributed by atoms with Gasteiger partial charge in [-0.05, 0) is 39.0 Å². The Balaban J connectivity index is 1.83. The fourth-order valence-corrected chi connectivity index (χ4v) is 2.41. The second-order valence-electron chi connectivity index (χ2n) is 5.69. The van der Waals surface area contributed by atoms with Gasteiger partial charge in [0.25, 0.3) is 5.91 Å². The van der Waals surface area contributed by atoms with Crippen LogP contribution >= 0.6 is 0 Å². The first-order valence-corrected chi connectivity index (χ1v) is 8.10. The number of hydrogen-bond acceptors (Lipinski definition) is 4. The van der Waals surface area contributed by atoms with Crippen LogP contribution in [0.1, 0.15) is 28.5 Å². The number of hydrogen-bond donors (Lipinski definition) is 1. The van der Waals surface area contributed by atoms with Crippen LogP contribution in [0.25, 0.3) is 5.69 Å². The second-order valence-corrected chi connectivity index (χ2v) is 5.69. The second kappa shape index (κ2) is 7.17. The third kappa shape index (κ3) is 3.85. The first-order chi connectivity index (χ1) is 12.1. The Hall–Kier alpha value is -3.15. The van der Waals surface area contributed by atoms with Crippen LogP contribution in [0, 0.1) is 13.8 Å². The van der Waals surface area contributed by atoms with Gasteiger partial charge < -0.3 is 10.1 Å². The molecule has 0 aliphatic heterocycles. The molecule has 1 N–H and O–H groups in total. The summed E-state index contributed by atoms with van der Waals surface area (Å²) < 4.78 is 7.01. The number of aryl methyl sites for hydroxylation is 2. The molecule has 6 heteroatoms. The molecule has 0 spiro atoms. The van der Waals surface area contributed by atoms with Gasteiger partial charge in [0.2, 0.25) is 5.88 Å². The van der Waals surface area contributed by atoms with Crippen molar-refractivity contribution in [1.29, 1.82) is 0 Å². The maximum Gasteiger partial charge on any atom is 0.258 e. The minimum absolute atomic E-state index is 0.246. The molecule has 0 atom stereocenters. The number of benzene rings is 1. The summed E-state index contributed by atoms with van der Waals surface area (Å²) in [6.45, 7) is 6.34. The number of carbonyl (C=O) groups excluding carboxylic acids is 1. The molecule has 0 aliphatic rings. The molecule has 0 saturated carbocycles. The predicted molar refractivity (Wildman–Crippen MR) is 96.4 cm³/mol. The van der Waals surface area contributed by atoms with E-state index in [2.05, 4.69) is 15.4 Å². The van der Waals surface area contributed by atoms with Gasteiger partial charge in [0.15, 0.2) is 0 Å². The average molecular weight is 336 g/mol. The van der Waals surface area contributed by atoms with E-state index < -0.39 is 0 Å². The summed E-state index contributed by atoms with van der Waals surface area (Å²) in [5.41, 5.74) is 3.33. The van der Waals surface area contributed by atoms with E-state index in [1.54, 1.807) is 16.8 Å². The lowest BCUT2D eigenvalue weighted by Gasteiger charge is -2.09. The highest BCUT2D eigenvalue weighted by Crippen LogP contribution is 2.19. The molecule has 0 unspecified atom stereocenters. The first-order valence-electron chi connectivity index (χ1n) is 8.10. The third-order valence-corrected chi connectivity index (χ3v) is 3.64. The van der Waals surface area contributed by atoms with Gasteiger partial charge in [-0.15, -0.1) is 0 Å². The average Bonchev–Trinajstić information content (AvgIpc) is 2.97. The number of carbonyl (C=O) groups is 1. The van der Waals surface area contributed by atoms with Crippen LogP contribution < -0.4 is 10.1 Å². The summed E-state index contributed by atoms with van der Waals surface area (Å²) in [6.07, 6.45) is 1.50. The summed E-state index contributed by atoms with van der Waals surface area (Å²) in [7, 11) is 0. The highest BCUT2D eigenvalue weighted by atomic mass is 16.5. The van der Waals surface area contributed by atoms with Crippen LogP contribution in [0.4, 0.5) is 5.82 Å². The Bertz CT molecular complexity index is 867. The Labute approximate surface area is 146 Å². The Kier molecular flexibility index (Phi) is 4.79. The summed E-state index contributed by atoms with van der Waals surface area (Å²) in [6, 6.07) is 13.2. The fourth-order valence-electron chi connectivity index (χ4n) is 2.41. The van der Waals surface area contributed by atoms with Gasteiger partial charge in [0, 0.05) is 18.3 Å². The van der Waals surface area contributed by atoms with Crippen molar-refractivity contribution in [2.75, 3.05) is 11.9 Å². The normalized spacial score (nSPS) is 10.5. The number of pyridine rings is 1. The zero-order chi connectivity index (χ0) is 17.8. The molecule has 128 valence electrons. The van der Waals surface area contributed by atoms with E-state index in [-0.39, 0.29) is 5.91 Å². The van der Waals surface area contributed by atoms with E-state index in [9.17, 15) is 4.79 Å². The van der Waals surface area contributed by atoms with Crippen molar-refractivity contribution in [1.82, 2.24) is 14.8 Å². The van der Waals surface area contributed by atoms with Crippen LogP contribution in [-0.4, -0.2) is 27.3 Å². The summed E-state index contributed by atoms with van der Waals surface area (Å²) >= 11 is 0. The van der Waals surface area contributed by atoms with Crippen LogP contribution in [-0.2, 0) is 0 Å². The smallest absolute Gasteiger partial charge is 0.258 e. The lowest BCUT2D eigenvalue weighted by Crippen LogP contribution is -2.15. The zero-order valence-electron chi connectivity index (χ0n) is 14.5. The molecule has 1 amide bonds. The first kappa shape index (κ1) is 16.7. The van der Waals surface area contributed by atoms with E-state index in [4.69, 9.17) is 4.74 Å². The maximum atomic E-state index is 12.5. The Morgan fingerprint density at radius 2 is 1.92 bits per heavy atom. The molecule has 0 bridgehead atoms. The zero-order valence-corrected chi connectivity index (χ0v) is 14.5. The number of amides is 1. The van der Waals surface area contributed by atoms with Crippen molar-refractivity contribution in [3.63, 3.8) is 0 Å². The fraction of sp³-hybridized carbons (Fsp3) is 0.211. The third-order valence-electron chi connectivity index (χ3n) is 3.64. The van der Waals surface area contributed by atoms with E-state index >= 15 is 0 Å². The molecule has 2 heterocycles. The maximum absolute atomic E-state index is 12.5. The molecule has 0 fully saturated rings. The molecule has 1 aromatic carbocycles. The minimum atomic E-state index is -0.246. The molecule has 0 saturated heterocycles. The van der Waals surface area contributed by atoms with E-state index in [1.165, 1.54) is 11.8 Å². The van der Waals surface area contributed by atoms with Crippen LogP contribution in [0.15, 0.2) is 48.7 Å². The monoisotopic (exact) mass is 336 g/mol. The molecule has 25 heavy (non-hydrogen) atoms. The Morgan fingerprint density at radius 1 is 1.16 bits per heavy atom. The standard InChI is InChI=1S/C19H20N4O2/c1-4-25-18-10-7-15(12-20-18)19(24)21-17-11-14(3)22-23(17)16-8-5-13(2)6-9-16/h5-12H,4H2,1-3H3,(H,21,24). The number of nitrogens with one attached hydrogen (secondary N) is 1. The van der Waals surface area contributed by atoms with E-state index in [1.807, 2.05) is 51.1 Å². The lowest BCUT2D eigenvalue weighted by molar-refractivity contribution is 0.102. The number of nitrogens with zero attached hydrogens (tertiary/aromatic N) is 3. The summed E-state index contributed by atoms with van der Waals surface area (Å²) in [4.78, 5) is 16.6. The van der Waals surface area contributed by atoms with Crippen LogP contribution in [0.2, 0.25) is 0 Å².